The first-order chi connectivity index (χ1) is 12.0. The van der Waals surface area contributed by atoms with Crippen LogP contribution in [0.2, 0.25) is 0 Å². The number of rotatable bonds is 4. The molecule has 142 valence electrons. The Kier molecular flexibility index (Phi) is 6.15. The van der Waals surface area contributed by atoms with E-state index < -0.39 is 12.2 Å². The number of alkyl halides is 1. The lowest BCUT2D eigenvalue weighted by Gasteiger charge is -2.35. The van der Waals surface area contributed by atoms with Gasteiger partial charge in [-0.25, -0.2) is 9.18 Å². The summed E-state index contributed by atoms with van der Waals surface area (Å²) in [5, 5.41) is 9.16. The first kappa shape index (κ1) is 18.4. The average Bonchev–Trinajstić information content (AvgIpc) is 2.59. The van der Waals surface area contributed by atoms with Crippen LogP contribution in [0.15, 0.2) is 0 Å². The van der Waals surface area contributed by atoms with Gasteiger partial charge in [0.25, 0.3) is 0 Å². The first-order valence-corrected chi connectivity index (χ1v) is 9.70. The zero-order valence-electron chi connectivity index (χ0n) is 15.1. The van der Waals surface area contributed by atoms with Gasteiger partial charge in [-0.1, -0.05) is 12.8 Å². The fourth-order valence-corrected chi connectivity index (χ4v) is 4.38. The molecule has 0 bridgehead atoms. The van der Waals surface area contributed by atoms with Crippen molar-refractivity contribution in [3.63, 3.8) is 0 Å². The van der Waals surface area contributed by atoms with E-state index in [1.54, 1.807) is 11.9 Å². The number of hydrogen-bond donors (Lipinski definition) is 3. The van der Waals surface area contributed by atoms with E-state index in [1.165, 1.54) is 0 Å². The van der Waals surface area contributed by atoms with Crippen molar-refractivity contribution in [2.75, 3.05) is 20.1 Å². The van der Waals surface area contributed by atoms with Gasteiger partial charge in [-0.15, -0.1) is 0 Å². The molecule has 2 heterocycles. The molecular formula is C18H31FN4O2. The van der Waals surface area contributed by atoms with Crippen molar-refractivity contribution in [3.8, 4) is 0 Å². The van der Waals surface area contributed by atoms with Crippen molar-refractivity contribution >= 4 is 11.9 Å². The molecule has 25 heavy (non-hydrogen) atoms. The van der Waals surface area contributed by atoms with Crippen molar-refractivity contribution in [1.29, 1.82) is 0 Å². The van der Waals surface area contributed by atoms with Crippen LogP contribution in [-0.4, -0.2) is 55.4 Å². The number of nitrogens with one attached hydrogen (secondary N) is 3. The Morgan fingerprint density at radius 3 is 2.76 bits per heavy atom. The second-order valence-corrected chi connectivity index (χ2v) is 7.99. The molecule has 3 fully saturated rings. The van der Waals surface area contributed by atoms with E-state index in [1.807, 2.05) is 0 Å². The van der Waals surface area contributed by atoms with Gasteiger partial charge in [0.1, 0.15) is 12.2 Å². The van der Waals surface area contributed by atoms with Gasteiger partial charge in [-0.3, -0.25) is 10.1 Å². The summed E-state index contributed by atoms with van der Waals surface area (Å²) in [7, 11) is 1.73. The van der Waals surface area contributed by atoms with Crippen molar-refractivity contribution in [2.45, 2.75) is 69.7 Å². The van der Waals surface area contributed by atoms with E-state index in [0.29, 0.717) is 24.8 Å². The second-order valence-electron chi connectivity index (χ2n) is 7.99. The zero-order valence-corrected chi connectivity index (χ0v) is 15.1. The van der Waals surface area contributed by atoms with Gasteiger partial charge in [0.15, 0.2) is 0 Å². The second kappa shape index (κ2) is 8.34. The number of halogens is 1. The molecule has 2 saturated heterocycles. The Morgan fingerprint density at radius 1 is 1.24 bits per heavy atom. The molecule has 6 nitrogen and oxygen atoms in total. The number of nitrogens with zero attached hydrogens (tertiary/aromatic N) is 1. The Labute approximate surface area is 149 Å². The summed E-state index contributed by atoms with van der Waals surface area (Å²) in [6.07, 6.45) is 6.70. The van der Waals surface area contributed by atoms with Gasteiger partial charge in [-0.2, -0.15) is 0 Å². The number of hydrogen-bond acceptors (Lipinski definition) is 3. The Balaban J connectivity index is 1.37. The molecule has 3 aliphatic rings. The van der Waals surface area contributed by atoms with Gasteiger partial charge < -0.3 is 15.5 Å². The summed E-state index contributed by atoms with van der Waals surface area (Å²) in [6, 6.07) is -0.631. The molecule has 0 aromatic rings. The van der Waals surface area contributed by atoms with Crippen LogP contribution in [0, 0.1) is 11.8 Å². The molecule has 7 heteroatoms. The minimum atomic E-state index is -0.605. The Bertz CT molecular complexity index is 482. The first-order valence-electron chi connectivity index (χ1n) is 9.70. The maximum Gasteiger partial charge on any atom is 0.317 e. The molecule has 5 atom stereocenters. The molecule has 3 amide bonds. The van der Waals surface area contributed by atoms with E-state index in [9.17, 15) is 14.0 Å². The molecule has 0 radical (unpaired) electrons. The molecular weight excluding hydrogens is 323 g/mol. The predicted molar refractivity (Wildman–Crippen MR) is 93.7 cm³/mol. The standard InChI is InChI=1S/C18H31FN4O2/c1-23-8-7-15(21-18(23)25)17(24)22-16-6-5-13(11-20-16)9-12-3-2-4-14(19)10-12/h12-16,20H,2-11H2,1H3,(H,21,25)(H,22,24). The lowest BCUT2D eigenvalue weighted by atomic mass is 9.80. The lowest BCUT2D eigenvalue weighted by Crippen LogP contribution is -2.59. The normalized spacial score (nSPS) is 36.6. The largest absolute Gasteiger partial charge is 0.339 e. The molecule has 0 aromatic carbocycles. The monoisotopic (exact) mass is 354 g/mol. The van der Waals surface area contributed by atoms with E-state index in [4.69, 9.17) is 0 Å². The van der Waals surface area contributed by atoms with Crippen LogP contribution in [0.5, 0.6) is 0 Å². The highest BCUT2D eigenvalue weighted by atomic mass is 19.1. The van der Waals surface area contributed by atoms with Gasteiger partial charge in [0.2, 0.25) is 5.91 Å². The topological polar surface area (TPSA) is 73.5 Å². The number of amides is 3. The van der Waals surface area contributed by atoms with Crippen molar-refractivity contribution in [2.24, 2.45) is 11.8 Å². The number of piperidine rings is 1. The van der Waals surface area contributed by atoms with Gasteiger partial charge in [0.05, 0.1) is 6.17 Å². The molecule has 1 saturated carbocycles. The van der Waals surface area contributed by atoms with Crippen molar-refractivity contribution in [3.05, 3.63) is 0 Å². The van der Waals surface area contributed by atoms with Crippen LogP contribution in [0.25, 0.3) is 0 Å². The third-order valence-corrected chi connectivity index (χ3v) is 5.93. The van der Waals surface area contributed by atoms with E-state index in [-0.39, 0.29) is 18.1 Å². The summed E-state index contributed by atoms with van der Waals surface area (Å²) in [4.78, 5) is 25.6. The minimum Gasteiger partial charge on any atom is -0.339 e. The Morgan fingerprint density at radius 2 is 2.08 bits per heavy atom. The molecule has 0 spiro atoms. The molecule has 3 rings (SSSR count). The molecule has 5 unspecified atom stereocenters. The SMILES string of the molecule is CN1CCC(C(=O)NC2CCC(CC3CCCC(F)C3)CN2)NC1=O. The molecule has 0 aromatic heterocycles. The lowest BCUT2D eigenvalue weighted by molar-refractivity contribution is -0.124. The van der Waals surface area contributed by atoms with Crippen LogP contribution in [-0.2, 0) is 4.79 Å². The summed E-state index contributed by atoms with van der Waals surface area (Å²) in [6.45, 7) is 1.47. The highest BCUT2D eigenvalue weighted by Crippen LogP contribution is 2.33. The van der Waals surface area contributed by atoms with E-state index in [0.717, 1.165) is 51.5 Å². The molecule has 2 aliphatic heterocycles. The predicted octanol–water partition coefficient (Wildman–Crippen LogP) is 1.76. The van der Waals surface area contributed by atoms with Crippen LogP contribution < -0.4 is 16.0 Å². The maximum absolute atomic E-state index is 13.5. The number of carbonyl (C=O) groups is 2. The van der Waals surface area contributed by atoms with E-state index in [2.05, 4.69) is 16.0 Å². The van der Waals surface area contributed by atoms with Crippen LogP contribution >= 0.6 is 0 Å². The highest BCUT2D eigenvalue weighted by Gasteiger charge is 2.31. The van der Waals surface area contributed by atoms with Gasteiger partial charge in [0, 0.05) is 13.6 Å². The number of carbonyl (C=O) groups excluding carboxylic acids is 2. The fraction of sp³-hybridized carbons (Fsp3) is 0.889. The third kappa shape index (κ3) is 5.06. The summed E-state index contributed by atoms with van der Waals surface area (Å²) in [5.74, 6) is 0.993. The summed E-state index contributed by atoms with van der Waals surface area (Å²) < 4.78 is 13.5. The van der Waals surface area contributed by atoms with Crippen LogP contribution in [0.1, 0.15) is 51.4 Å². The zero-order chi connectivity index (χ0) is 17.8. The third-order valence-electron chi connectivity index (χ3n) is 5.93. The quantitative estimate of drug-likeness (QED) is 0.720. The average molecular weight is 354 g/mol. The van der Waals surface area contributed by atoms with Crippen LogP contribution in [0.4, 0.5) is 9.18 Å². The van der Waals surface area contributed by atoms with E-state index >= 15 is 0 Å². The minimum absolute atomic E-state index is 0.0272. The summed E-state index contributed by atoms with van der Waals surface area (Å²) in [5.41, 5.74) is 0. The van der Waals surface area contributed by atoms with Crippen molar-refractivity contribution in [1.82, 2.24) is 20.9 Å². The Hall–Kier alpha value is -1.37. The van der Waals surface area contributed by atoms with Gasteiger partial charge in [-0.05, 0) is 56.9 Å². The highest BCUT2D eigenvalue weighted by molar-refractivity contribution is 5.88. The number of urea groups is 1. The summed E-state index contributed by atoms with van der Waals surface area (Å²) >= 11 is 0. The maximum atomic E-state index is 13.5. The van der Waals surface area contributed by atoms with Gasteiger partial charge >= 0.3 is 6.03 Å². The molecule has 3 N–H and O–H groups in total. The van der Waals surface area contributed by atoms with Crippen molar-refractivity contribution < 1.29 is 14.0 Å². The molecule has 1 aliphatic carbocycles. The van der Waals surface area contributed by atoms with Crippen LogP contribution in [0.3, 0.4) is 0 Å². The smallest absolute Gasteiger partial charge is 0.317 e. The fourth-order valence-electron chi connectivity index (χ4n) is 4.38.